The van der Waals surface area contributed by atoms with E-state index in [0.29, 0.717) is 0 Å². The number of rotatable bonds is 3. The van der Waals surface area contributed by atoms with E-state index in [1.165, 1.54) is 24.3 Å². The van der Waals surface area contributed by atoms with Crippen LogP contribution in [0.1, 0.15) is 36.1 Å². The predicted molar refractivity (Wildman–Crippen MR) is 167 cm³/mol. The van der Waals surface area contributed by atoms with Gasteiger partial charge in [0.25, 0.3) is 0 Å². The minimum atomic E-state index is -1.68. The fourth-order valence-electron chi connectivity index (χ4n) is 6.49. The molecular weight excluding hydrogens is 547 g/mol. The zero-order valence-corrected chi connectivity index (χ0v) is 23.5. The lowest BCUT2D eigenvalue weighted by molar-refractivity contribution is 0.591. The molecule has 206 valence electrons. The standard InChI is InChI=1S/C36H26F2NO2P/c37-27-15-9-25(10-16-27)31-19-20-32(26-11-17-28(38)18-12-26)39(31)42-40-33-21-13-23-5-1-3-7-29(23)35(33)36-30-8-4-2-6-24(30)14-22-34(36)41-42/h1-18,21-22,31-32H,19-20H2. The van der Waals surface area contributed by atoms with E-state index >= 15 is 0 Å². The predicted octanol–water partition coefficient (Wildman–Crippen LogP) is 11.1. The largest absolute Gasteiger partial charge is 0.408 e. The molecule has 0 saturated carbocycles. The summed E-state index contributed by atoms with van der Waals surface area (Å²) in [4.78, 5) is 0. The first kappa shape index (κ1) is 25.3. The summed E-state index contributed by atoms with van der Waals surface area (Å²) >= 11 is 0. The van der Waals surface area contributed by atoms with Crippen LogP contribution < -0.4 is 4.67 Å². The van der Waals surface area contributed by atoms with Crippen molar-refractivity contribution in [3.8, 4) is 0 Å². The van der Waals surface area contributed by atoms with Crippen molar-refractivity contribution >= 4 is 51.6 Å². The van der Waals surface area contributed by atoms with Gasteiger partial charge < -0.3 is 8.39 Å². The SMILES string of the molecule is Fc1ccc(C2CCC(c3ccc(F)cc3)N2p2oc3ccc4ccccc4c3c3c(ccc4ccccc43)o2)cc1. The van der Waals surface area contributed by atoms with Crippen molar-refractivity contribution in [2.45, 2.75) is 24.9 Å². The lowest BCUT2D eigenvalue weighted by atomic mass is 9.99. The molecule has 1 saturated heterocycles. The molecule has 2 unspecified atom stereocenters. The first-order valence-corrected chi connectivity index (χ1v) is 15.3. The van der Waals surface area contributed by atoms with Crippen LogP contribution in [0.3, 0.4) is 0 Å². The molecule has 3 nitrogen and oxygen atoms in total. The van der Waals surface area contributed by atoms with E-state index in [9.17, 15) is 8.78 Å². The van der Waals surface area contributed by atoms with Gasteiger partial charge in [0.2, 0.25) is 0 Å². The van der Waals surface area contributed by atoms with Gasteiger partial charge in [0, 0.05) is 22.9 Å². The summed E-state index contributed by atoms with van der Waals surface area (Å²) in [6, 6.07) is 38.2. The molecular formula is C36H26F2NO2P. The molecule has 2 atom stereocenters. The van der Waals surface area contributed by atoms with Gasteiger partial charge in [-0.1, -0.05) is 84.9 Å². The molecule has 0 aliphatic carbocycles. The molecule has 6 heteroatoms. The summed E-state index contributed by atoms with van der Waals surface area (Å²) in [5, 5.41) is 6.47. The molecule has 7 aromatic rings. The molecule has 1 aliphatic heterocycles. The maximum Gasteiger partial charge on any atom is 0.310 e. The Labute approximate surface area is 242 Å². The van der Waals surface area contributed by atoms with Crippen molar-refractivity contribution < 1.29 is 17.2 Å². The number of fused-ring (bicyclic) bond motifs is 7. The Kier molecular flexibility index (Phi) is 6.10. The number of halogens is 2. The van der Waals surface area contributed by atoms with Crippen LogP contribution >= 0.6 is 8.16 Å². The second-order valence-electron chi connectivity index (χ2n) is 10.8. The van der Waals surface area contributed by atoms with Gasteiger partial charge in [0.15, 0.2) is 0 Å². The Morgan fingerprint density at radius 3 is 1.40 bits per heavy atom. The van der Waals surface area contributed by atoms with Crippen LogP contribution in [0.25, 0.3) is 43.5 Å². The lowest BCUT2D eigenvalue weighted by Gasteiger charge is -2.27. The number of benzene rings is 6. The second kappa shape index (κ2) is 10.1. The van der Waals surface area contributed by atoms with Crippen LogP contribution in [-0.2, 0) is 0 Å². The van der Waals surface area contributed by atoms with Gasteiger partial charge in [-0.05, 0) is 81.9 Å². The molecule has 1 aromatic heterocycles. The van der Waals surface area contributed by atoms with Crippen LogP contribution in [0, 0.1) is 11.6 Å². The highest BCUT2D eigenvalue weighted by atomic mass is 31.1. The molecule has 0 N–H and O–H groups in total. The molecule has 8 rings (SSSR count). The Morgan fingerprint density at radius 1 is 0.524 bits per heavy atom. The van der Waals surface area contributed by atoms with Gasteiger partial charge in [-0.25, -0.2) is 8.78 Å². The minimum absolute atomic E-state index is 0.0716. The van der Waals surface area contributed by atoms with E-state index in [4.69, 9.17) is 8.39 Å². The first-order chi connectivity index (χ1) is 20.6. The van der Waals surface area contributed by atoms with Crippen LogP contribution in [-0.4, -0.2) is 0 Å². The maximum absolute atomic E-state index is 14.0. The zero-order valence-electron chi connectivity index (χ0n) is 22.6. The molecule has 0 spiro atoms. The van der Waals surface area contributed by atoms with Crippen LogP contribution in [0.4, 0.5) is 8.78 Å². The van der Waals surface area contributed by atoms with Crippen LogP contribution in [0.15, 0.2) is 130 Å². The average Bonchev–Trinajstić information content (AvgIpc) is 3.38. The smallest absolute Gasteiger partial charge is 0.310 e. The van der Waals surface area contributed by atoms with Crippen molar-refractivity contribution in [1.29, 1.82) is 0 Å². The van der Waals surface area contributed by atoms with E-state index < -0.39 is 8.16 Å². The molecule has 0 bridgehead atoms. The van der Waals surface area contributed by atoms with Crippen LogP contribution in [0.2, 0.25) is 0 Å². The fourth-order valence-corrected chi connectivity index (χ4v) is 8.31. The summed E-state index contributed by atoms with van der Waals surface area (Å²) in [6.45, 7) is 0. The van der Waals surface area contributed by atoms with Gasteiger partial charge in [-0.3, -0.25) is 0 Å². The van der Waals surface area contributed by atoms with Gasteiger partial charge in [0.1, 0.15) is 22.8 Å². The highest BCUT2D eigenvalue weighted by molar-refractivity contribution is 7.39. The Morgan fingerprint density at radius 2 is 0.952 bits per heavy atom. The molecule has 42 heavy (non-hydrogen) atoms. The summed E-state index contributed by atoms with van der Waals surface area (Å²) in [6.07, 6.45) is 1.66. The zero-order chi connectivity index (χ0) is 28.2. The van der Waals surface area contributed by atoms with Gasteiger partial charge in [-0.15, -0.1) is 0 Å². The number of hydrogen-bond acceptors (Lipinski definition) is 3. The lowest BCUT2D eigenvalue weighted by Crippen LogP contribution is -2.23. The van der Waals surface area contributed by atoms with E-state index in [0.717, 1.165) is 67.5 Å². The molecule has 1 aliphatic rings. The number of nitrogens with zero attached hydrogens (tertiary/aromatic N) is 1. The Bertz CT molecular complexity index is 1990. The number of hydrogen-bond donors (Lipinski definition) is 0. The molecule has 0 amide bonds. The summed E-state index contributed by atoms with van der Waals surface area (Å²) < 4.78 is 44.1. The van der Waals surface area contributed by atoms with Gasteiger partial charge in [0.05, 0.1) is 0 Å². The summed E-state index contributed by atoms with van der Waals surface area (Å²) in [5.41, 5.74) is 3.52. The maximum atomic E-state index is 14.0. The van der Waals surface area contributed by atoms with Crippen molar-refractivity contribution in [3.63, 3.8) is 0 Å². The highest BCUT2D eigenvalue weighted by Gasteiger charge is 2.39. The van der Waals surface area contributed by atoms with Crippen molar-refractivity contribution in [3.05, 3.63) is 144 Å². The van der Waals surface area contributed by atoms with Crippen LogP contribution in [0.5, 0.6) is 0 Å². The van der Waals surface area contributed by atoms with E-state index in [1.807, 2.05) is 48.5 Å². The average molecular weight is 574 g/mol. The Balaban J connectivity index is 1.46. The first-order valence-electron chi connectivity index (χ1n) is 14.1. The van der Waals surface area contributed by atoms with Crippen molar-refractivity contribution in [2.24, 2.45) is 0 Å². The monoisotopic (exact) mass is 573 g/mol. The third kappa shape index (κ3) is 4.20. The fraction of sp³-hybridized carbons (Fsp3) is 0.111. The Hall–Kier alpha value is -4.44. The van der Waals surface area contributed by atoms with E-state index in [1.54, 1.807) is 0 Å². The molecule has 6 aromatic carbocycles. The summed E-state index contributed by atoms with van der Waals surface area (Å²) in [5.74, 6) is -0.541. The minimum Gasteiger partial charge on any atom is -0.408 e. The highest BCUT2D eigenvalue weighted by Crippen LogP contribution is 2.53. The summed E-state index contributed by atoms with van der Waals surface area (Å²) in [7, 11) is -1.68. The second-order valence-corrected chi connectivity index (χ2v) is 12.1. The third-order valence-corrected chi connectivity index (χ3v) is 10.1. The van der Waals surface area contributed by atoms with Crippen molar-refractivity contribution in [1.82, 2.24) is 0 Å². The van der Waals surface area contributed by atoms with Gasteiger partial charge in [-0.2, -0.15) is 4.67 Å². The molecule has 2 heterocycles. The van der Waals surface area contributed by atoms with Crippen molar-refractivity contribution in [2.75, 3.05) is 4.67 Å². The normalized spacial score (nSPS) is 17.5. The molecule has 0 radical (unpaired) electrons. The quantitative estimate of drug-likeness (QED) is 0.211. The third-order valence-electron chi connectivity index (χ3n) is 8.43. The van der Waals surface area contributed by atoms with Gasteiger partial charge >= 0.3 is 8.16 Å². The molecule has 1 fully saturated rings. The topological polar surface area (TPSA) is 29.5 Å². The van der Waals surface area contributed by atoms with E-state index in [2.05, 4.69) is 53.2 Å². The van der Waals surface area contributed by atoms with E-state index in [-0.39, 0.29) is 23.7 Å².